The van der Waals surface area contributed by atoms with Gasteiger partial charge in [-0.3, -0.25) is 0 Å². The minimum Gasteiger partial charge on any atom is -0.385 e. The van der Waals surface area contributed by atoms with Crippen LogP contribution in [0.25, 0.3) is 0 Å². The summed E-state index contributed by atoms with van der Waals surface area (Å²) >= 11 is 0. The van der Waals surface area contributed by atoms with Gasteiger partial charge in [0.1, 0.15) is 0 Å². The molecular formula is C18H29NO. The SMILES string of the molecule is CCC(CNC1CC1)(c1ccccc1)C(C)CCOC. The summed E-state index contributed by atoms with van der Waals surface area (Å²) in [6.45, 7) is 6.64. The van der Waals surface area contributed by atoms with Crippen molar-refractivity contribution in [2.45, 2.75) is 51.0 Å². The van der Waals surface area contributed by atoms with Crippen LogP contribution in [0.4, 0.5) is 0 Å². The van der Waals surface area contributed by atoms with Gasteiger partial charge in [-0.15, -0.1) is 0 Å². The summed E-state index contributed by atoms with van der Waals surface area (Å²) in [6.07, 6.45) is 4.98. The third-order valence-corrected chi connectivity index (χ3v) is 4.96. The molecule has 2 unspecified atom stereocenters. The largest absolute Gasteiger partial charge is 0.385 e. The Labute approximate surface area is 123 Å². The molecule has 0 aromatic heterocycles. The Morgan fingerprint density at radius 2 is 2.00 bits per heavy atom. The van der Waals surface area contributed by atoms with Gasteiger partial charge in [-0.2, -0.15) is 0 Å². The normalized spacial score (nSPS) is 19.6. The van der Waals surface area contributed by atoms with E-state index < -0.39 is 0 Å². The van der Waals surface area contributed by atoms with Crippen LogP contribution >= 0.6 is 0 Å². The molecule has 1 aromatic carbocycles. The van der Waals surface area contributed by atoms with E-state index in [1.165, 1.54) is 24.8 Å². The minimum absolute atomic E-state index is 0.225. The van der Waals surface area contributed by atoms with Gasteiger partial charge in [0, 0.05) is 31.7 Å². The van der Waals surface area contributed by atoms with Crippen molar-refractivity contribution in [2.24, 2.45) is 5.92 Å². The molecule has 1 aliphatic rings. The van der Waals surface area contributed by atoms with Crippen molar-refractivity contribution in [3.8, 4) is 0 Å². The van der Waals surface area contributed by atoms with Crippen LogP contribution in [-0.4, -0.2) is 26.3 Å². The summed E-state index contributed by atoms with van der Waals surface area (Å²) in [4.78, 5) is 0. The molecule has 0 heterocycles. The number of nitrogens with one attached hydrogen (secondary N) is 1. The predicted molar refractivity (Wildman–Crippen MR) is 85.1 cm³/mol. The van der Waals surface area contributed by atoms with Gasteiger partial charge in [-0.1, -0.05) is 44.2 Å². The van der Waals surface area contributed by atoms with Crippen LogP contribution in [0.1, 0.15) is 45.1 Å². The lowest BCUT2D eigenvalue weighted by Gasteiger charge is -2.40. The first-order valence-electron chi connectivity index (χ1n) is 8.00. The molecule has 1 N–H and O–H groups in total. The summed E-state index contributed by atoms with van der Waals surface area (Å²) in [7, 11) is 1.80. The molecule has 20 heavy (non-hydrogen) atoms. The summed E-state index contributed by atoms with van der Waals surface area (Å²) in [5, 5.41) is 3.76. The fourth-order valence-electron chi connectivity index (χ4n) is 3.19. The van der Waals surface area contributed by atoms with E-state index in [4.69, 9.17) is 4.74 Å². The molecule has 0 spiro atoms. The zero-order valence-corrected chi connectivity index (χ0v) is 13.2. The van der Waals surface area contributed by atoms with Gasteiger partial charge in [0.25, 0.3) is 0 Å². The molecule has 112 valence electrons. The van der Waals surface area contributed by atoms with E-state index in [-0.39, 0.29) is 5.41 Å². The lowest BCUT2D eigenvalue weighted by molar-refractivity contribution is 0.149. The lowest BCUT2D eigenvalue weighted by Crippen LogP contribution is -2.44. The maximum Gasteiger partial charge on any atom is 0.0465 e. The lowest BCUT2D eigenvalue weighted by atomic mass is 9.68. The monoisotopic (exact) mass is 275 g/mol. The quantitative estimate of drug-likeness (QED) is 0.741. The maximum atomic E-state index is 5.31. The van der Waals surface area contributed by atoms with Gasteiger partial charge in [0.05, 0.1) is 0 Å². The summed E-state index contributed by atoms with van der Waals surface area (Å²) in [6, 6.07) is 11.8. The average molecular weight is 275 g/mol. The van der Waals surface area contributed by atoms with Crippen molar-refractivity contribution in [3.63, 3.8) is 0 Å². The highest BCUT2D eigenvalue weighted by molar-refractivity contribution is 5.27. The number of ether oxygens (including phenoxy) is 1. The van der Waals surface area contributed by atoms with E-state index in [2.05, 4.69) is 49.5 Å². The highest BCUT2D eigenvalue weighted by atomic mass is 16.5. The van der Waals surface area contributed by atoms with Crippen molar-refractivity contribution in [1.82, 2.24) is 5.32 Å². The van der Waals surface area contributed by atoms with Crippen LogP contribution in [0.5, 0.6) is 0 Å². The van der Waals surface area contributed by atoms with Gasteiger partial charge in [-0.05, 0) is 37.2 Å². The molecule has 1 fully saturated rings. The van der Waals surface area contributed by atoms with Crippen molar-refractivity contribution in [3.05, 3.63) is 35.9 Å². The number of methoxy groups -OCH3 is 1. The van der Waals surface area contributed by atoms with Crippen LogP contribution in [0.2, 0.25) is 0 Å². The third kappa shape index (κ3) is 3.62. The Morgan fingerprint density at radius 1 is 1.30 bits per heavy atom. The first kappa shape index (κ1) is 15.5. The van der Waals surface area contributed by atoms with Crippen LogP contribution in [0.3, 0.4) is 0 Å². The molecule has 0 radical (unpaired) electrons. The molecule has 2 rings (SSSR count). The standard InChI is InChI=1S/C18H29NO/c1-4-18(14-19-17-10-11-17,15(2)12-13-20-3)16-8-6-5-7-9-16/h5-9,15,17,19H,4,10-14H2,1-3H3. The summed E-state index contributed by atoms with van der Waals surface area (Å²) in [5.41, 5.74) is 1.70. The van der Waals surface area contributed by atoms with Crippen molar-refractivity contribution < 1.29 is 4.74 Å². The van der Waals surface area contributed by atoms with E-state index in [0.29, 0.717) is 5.92 Å². The number of benzene rings is 1. The van der Waals surface area contributed by atoms with Gasteiger partial charge in [-0.25, -0.2) is 0 Å². The van der Waals surface area contributed by atoms with Crippen LogP contribution in [-0.2, 0) is 10.2 Å². The minimum atomic E-state index is 0.225. The van der Waals surface area contributed by atoms with Gasteiger partial charge < -0.3 is 10.1 Å². The zero-order chi connectivity index (χ0) is 14.4. The predicted octanol–water partition coefficient (Wildman–Crippen LogP) is 3.76. The molecule has 0 aliphatic heterocycles. The van der Waals surface area contributed by atoms with Gasteiger partial charge in [0.15, 0.2) is 0 Å². The molecule has 2 heteroatoms. The molecule has 2 nitrogen and oxygen atoms in total. The maximum absolute atomic E-state index is 5.31. The van der Waals surface area contributed by atoms with Crippen molar-refractivity contribution in [1.29, 1.82) is 0 Å². The first-order chi connectivity index (χ1) is 9.73. The van der Waals surface area contributed by atoms with Gasteiger partial charge >= 0.3 is 0 Å². The smallest absolute Gasteiger partial charge is 0.0465 e. The van der Waals surface area contributed by atoms with E-state index in [1.807, 2.05) is 0 Å². The van der Waals surface area contributed by atoms with Crippen LogP contribution < -0.4 is 5.32 Å². The second-order valence-corrected chi connectivity index (χ2v) is 6.21. The summed E-state index contributed by atoms with van der Waals surface area (Å²) in [5.74, 6) is 0.612. The Hall–Kier alpha value is -0.860. The van der Waals surface area contributed by atoms with E-state index in [0.717, 1.165) is 25.6 Å². The Bertz CT molecular complexity index is 388. The summed E-state index contributed by atoms with van der Waals surface area (Å²) < 4.78 is 5.31. The Kier molecular flexibility index (Phi) is 5.62. The zero-order valence-electron chi connectivity index (χ0n) is 13.2. The molecule has 1 aromatic rings. The van der Waals surface area contributed by atoms with E-state index >= 15 is 0 Å². The Morgan fingerprint density at radius 3 is 2.55 bits per heavy atom. The molecular weight excluding hydrogens is 246 g/mol. The van der Waals surface area contributed by atoms with Crippen molar-refractivity contribution in [2.75, 3.05) is 20.3 Å². The molecule has 0 saturated heterocycles. The topological polar surface area (TPSA) is 21.3 Å². The number of rotatable bonds is 9. The highest BCUT2D eigenvalue weighted by Crippen LogP contribution is 2.38. The fourth-order valence-corrected chi connectivity index (χ4v) is 3.19. The molecule has 0 bridgehead atoms. The van der Waals surface area contributed by atoms with Crippen LogP contribution in [0, 0.1) is 5.92 Å². The van der Waals surface area contributed by atoms with Crippen molar-refractivity contribution >= 4 is 0 Å². The Balaban J connectivity index is 2.18. The van der Waals surface area contributed by atoms with Gasteiger partial charge in [0.2, 0.25) is 0 Å². The molecule has 2 atom stereocenters. The van der Waals surface area contributed by atoms with Crippen LogP contribution in [0.15, 0.2) is 30.3 Å². The molecule has 1 saturated carbocycles. The highest BCUT2D eigenvalue weighted by Gasteiger charge is 2.37. The fraction of sp³-hybridized carbons (Fsp3) is 0.667. The molecule has 0 amide bonds. The number of hydrogen-bond acceptors (Lipinski definition) is 2. The average Bonchev–Trinajstić information content (AvgIpc) is 3.31. The van der Waals surface area contributed by atoms with E-state index in [9.17, 15) is 0 Å². The second kappa shape index (κ2) is 7.24. The molecule has 1 aliphatic carbocycles. The first-order valence-corrected chi connectivity index (χ1v) is 8.00. The van der Waals surface area contributed by atoms with E-state index in [1.54, 1.807) is 7.11 Å². The third-order valence-electron chi connectivity index (χ3n) is 4.96. The number of hydrogen-bond donors (Lipinski definition) is 1. The second-order valence-electron chi connectivity index (χ2n) is 6.21.